The van der Waals surface area contributed by atoms with E-state index in [0.29, 0.717) is 5.76 Å². The first-order valence-corrected chi connectivity index (χ1v) is 5.30. The minimum Gasteiger partial charge on any atom is -0.467 e. The molecule has 2 rings (SSSR count). The van der Waals surface area contributed by atoms with Crippen molar-refractivity contribution >= 4 is 0 Å². The Labute approximate surface area is 101 Å². The molecule has 7 heteroatoms. The van der Waals surface area contributed by atoms with Gasteiger partial charge in [-0.25, -0.2) is 0 Å². The second-order valence-corrected chi connectivity index (χ2v) is 4.03. The van der Waals surface area contributed by atoms with Crippen LogP contribution in [0.3, 0.4) is 0 Å². The SMILES string of the molecule is CC(N)C(c1ccco1)n1cc(C(F)(F)F)cn1. The summed E-state index contributed by atoms with van der Waals surface area (Å²) < 4.78 is 43.9. The zero-order chi connectivity index (χ0) is 13.3. The molecule has 0 spiro atoms. The minimum absolute atomic E-state index is 0.433. The number of rotatable bonds is 3. The van der Waals surface area contributed by atoms with Crippen LogP contribution in [0.5, 0.6) is 0 Å². The lowest BCUT2D eigenvalue weighted by Gasteiger charge is -2.18. The van der Waals surface area contributed by atoms with E-state index in [-0.39, 0.29) is 0 Å². The van der Waals surface area contributed by atoms with Gasteiger partial charge in [0.2, 0.25) is 0 Å². The van der Waals surface area contributed by atoms with Gasteiger partial charge in [0.1, 0.15) is 11.8 Å². The minimum atomic E-state index is -4.41. The molecule has 2 aromatic heterocycles. The number of hydrogen-bond acceptors (Lipinski definition) is 3. The maximum Gasteiger partial charge on any atom is 0.419 e. The lowest BCUT2D eigenvalue weighted by molar-refractivity contribution is -0.137. The van der Waals surface area contributed by atoms with E-state index in [9.17, 15) is 13.2 Å². The predicted molar refractivity (Wildman–Crippen MR) is 57.7 cm³/mol. The Morgan fingerprint density at radius 3 is 2.61 bits per heavy atom. The van der Waals surface area contributed by atoms with E-state index < -0.39 is 23.8 Å². The van der Waals surface area contributed by atoms with E-state index in [1.807, 2.05) is 0 Å². The number of nitrogens with two attached hydrogens (primary N) is 1. The summed E-state index contributed by atoms with van der Waals surface area (Å²) >= 11 is 0. The largest absolute Gasteiger partial charge is 0.467 e. The molecule has 0 amide bonds. The molecule has 98 valence electrons. The van der Waals surface area contributed by atoms with E-state index in [2.05, 4.69) is 5.10 Å². The van der Waals surface area contributed by atoms with Crippen molar-refractivity contribution in [3.8, 4) is 0 Å². The van der Waals surface area contributed by atoms with Gasteiger partial charge < -0.3 is 10.2 Å². The normalized spacial score (nSPS) is 15.6. The zero-order valence-corrected chi connectivity index (χ0v) is 9.56. The van der Waals surface area contributed by atoms with Gasteiger partial charge in [-0.2, -0.15) is 18.3 Å². The smallest absolute Gasteiger partial charge is 0.419 e. The molecule has 0 aromatic carbocycles. The van der Waals surface area contributed by atoms with Gasteiger partial charge in [-0.1, -0.05) is 0 Å². The first kappa shape index (κ1) is 12.7. The van der Waals surface area contributed by atoms with Crippen LogP contribution in [-0.4, -0.2) is 15.8 Å². The highest BCUT2D eigenvalue weighted by molar-refractivity contribution is 5.14. The number of aromatic nitrogens is 2. The number of alkyl halides is 3. The van der Waals surface area contributed by atoms with Crippen molar-refractivity contribution in [2.24, 2.45) is 5.73 Å². The van der Waals surface area contributed by atoms with Crippen LogP contribution in [0.25, 0.3) is 0 Å². The van der Waals surface area contributed by atoms with Gasteiger partial charge >= 0.3 is 6.18 Å². The van der Waals surface area contributed by atoms with Gasteiger partial charge in [0.15, 0.2) is 0 Å². The lowest BCUT2D eigenvalue weighted by Crippen LogP contribution is -2.30. The van der Waals surface area contributed by atoms with E-state index in [0.717, 1.165) is 12.4 Å². The van der Waals surface area contributed by atoms with Gasteiger partial charge in [-0.3, -0.25) is 4.68 Å². The molecule has 2 atom stereocenters. The predicted octanol–water partition coefficient (Wildman–Crippen LogP) is 2.43. The number of furan rings is 1. The fourth-order valence-electron chi connectivity index (χ4n) is 1.73. The molecule has 2 aromatic rings. The first-order chi connectivity index (χ1) is 8.39. The molecule has 2 N–H and O–H groups in total. The van der Waals surface area contributed by atoms with Crippen molar-refractivity contribution in [1.29, 1.82) is 0 Å². The molecule has 0 saturated heterocycles. The lowest BCUT2D eigenvalue weighted by atomic mass is 10.1. The molecule has 0 aliphatic heterocycles. The van der Waals surface area contributed by atoms with Crippen molar-refractivity contribution in [2.75, 3.05) is 0 Å². The van der Waals surface area contributed by atoms with Crippen LogP contribution >= 0.6 is 0 Å². The van der Waals surface area contributed by atoms with Crippen LogP contribution in [-0.2, 0) is 6.18 Å². The Kier molecular flexibility index (Phi) is 3.16. The summed E-state index contributed by atoms with van der Waals surface area (Å²) in [6.07, 6.45) is -1.27. The molecule has 0 radical (unpaired) electrons. The van der Waals surface area contributed by atoms with Gasteiger partial charge in [0, 0.05) is 12.2 Å². The second kappa shape index (κ2) is 4.49. The second-order valence-electron chi connectivity index (χ2n) is 4.03. The Morgan fingerprint density at radius 1 is 1.44 bits per heavy atom. The van der Waals surface area contributed by atoms with Crippen molar-refractivity contribution in [3.05, 3.63) is 42.1 Å². The van der Waals surface area contributed by atoms with E-state index >= 15 is 0 Å². The van der Waals surface area contributed by atoms with Crippen LogP contribution < -0.4 is 5.73 Å². The Morgan fingerprint density at radius 2 is 2.17 bits per heavy atom. The van der Waals surface area contributed by atoms with Gasteiger partial charge in [0.25, 0.3) is 0 Å². The summed E-state index contributed by atoms with van der Waals surface area (Å²) in [5.41, 5.74) is 4.97. The monoisotopic (exact) mass is 259 g/mol. The quantitative estimate of drug-likeness (QED) is 0.921. The highest BCUT2D eigenvalue weighted by Crippen LogP contribution is 2.30. The molecule has 2 heterocycles. The van der Waals surface area contributed by atoms with Crippen molar-refractivity contribution in [3.63, 3.8) is 0 Å². The van der Waals surface area contributed by atoms with Crippen LogP contribution in [0.4, 0.5) is 13.2 Å². The highest BCUT2D eigenvalue weighted by Gasteiger charge is 2.33. The standard InChI is InChI=1S/C11H12F3N3O/c1-7(15)10(9-3-2-4-18-9)17-6-8(5-16-17)11(12,13)14/h2-7,10H,15H2,1H3. The van der Waals surface area contributed by atoms with Crippen LogP contribution in [0, 0.1) is 0 Å². The topological polar surface area (TPSA) is 57.0 Å². The molecule has 0 fully saturated rings. The van der Waals surface area contributed by atoms with E-state index in [1.165, 1.54) is 10.9 Å². The molecule has 2 unspecified atom stereocenters. The van der Waals surface area contributed by atoms with Crippen LogP contribution in [0.15, 0.2) is 35.2 Å². The van der Waals surface area contributed by atoms with Crippen LogP contribution in [0.1, 0.15) is 24.3 Å². The number of halogens is 3. The Balaban J connectivity index is 2.36. The molecule has 0 saturated carbocycles. The summed E-state index contributed by atoms with van der Waals surface area (Å²) in [5, 5.41) is 3.72. The van der Waals surface area contributed by atoms with Crippen molar-refractivity contribution in [1.82, 2.24) is 9.78 Å². The van der Waals surface area contributed by atoms with E-state index in [1.54, 1.807) is 19.1 Å². The third-order valence-electron chi connectivity index (χ3n) is 2.55. The fourth-order valence-corrected chi connectivity index (χ4v) is 1.73. The van der Waals surface area contributed by atoms with Gasteiger partial charge in [-0.15, -0.1) is 0 Å². The van der Waals surface area contributed by atoms with Gasteiger partial charge in [-0.05, 0) is 19.1 Å². The average Bonchev–Trinajstić information content (AvgIpc) is 2.86. The molecular weight excluding hydrogens is 247 g/mol. The summed E-state index contributed by atoms with van der Waals surface area (Å²) in [4.78, 5) is 0. The summed E-state index contributed by atoms with van der Waals surface area (Å²) in [6, 6.07) is 2.32. The summed E-state index contributed by atoms with van der Waals surface area (Å²) in [7, 11) is 0. The summed E-state index contributed by atoms with van der Waals surface area (Å²) in [5.74, 6) is 0.474. The third-order valence-corrected chi connectivity index (χ3v) is 2.55. The highest BCUT2D eigenvalue weighted by atomic mass is 19.4. The van der Waals surface area contributed by atoms with Crippen LogP contribution in [0.2, 0.25) is 0 Å². The fraction of sp³-hybridized carbons (Fsp3) is 0.364. The third kappa shape index (κ3) is 2.40. The van der Waals surface area contributed by atoms with E-state index in [4.69, 9.17) is 10.2 Å². The number of hydrogen-bond donors (Lipinski definition) is 1. The average molecular weight is 259 g/mol. The first-order valence-electron chi connectivity index (χ1n) is 5.30. The maximum absolute atomic E-state index is 12.5. The molecule has 0 bridgehead atoms. The molecule has 0 aliphatic rings. The van der Waals surface area contributed by atoms with Crippen molar-refractivity contribution < 1.29 is 17.6 Å². The zero-order valence-electron chi connectivity index (χ0n) is 9.56. The van der Waals surface area contributed by atoms with Gasteiger partial charge in [0.05, 0.1) is 18.0 Å². The molecule has 18 heavy (non-hydrogen) atoms. The van der Waals surface area contributed by atoms with Crippen molar-refractivity contribution in [2.45, 2.75) is 25.2 Å². The molecular formula is C11H12F3N3O. The summed E-state index contributed by atoms with van der Waals surface area (Å²) in [6.45, 7) is 1.68. The Hall–Kier alpha value is -1.76. The Bertz CT molecular complexity index is 502. The molecule has 0 aliphatic carbocycles. The maximum atomic E-state index is 12.5. The number of nitrogens with zero attached hydrogens (tertiary/aromatic N) is 2. The molecule has 4 nitrogen and oxygen atoms in total.